The van der Waals surface area contributed by atoms with Crippen molar-refractivity contribution in [2.75, 3.05) is 12.5 Å². The molecule has 0 aliphatic heterocycles. The van der Waals surface area contributed by atoms with Gasteiger partial charge in [-0.25, -0.2) is 0 Å². The lowest BCUT2D eigenvalue weighted by molar-refractivity contribution is 0.886. The van der Waals surface area contributed by atoms with Gasteiger partial charge in [0.1, 0.15) is 10.1 Å². The maximum Gasteiger partial charge on any atom is 0.128 e. The molecule has 0 saturated carbocycles. The molecule has 0 unspecified atom stereocenters. The van der Waals surface area contributed by atoms with Gasteiger partial charge in [-0.3, -0.25) is 4.98 Å². The van der Waals surface area contributed by atoms with Gasteiger partial charge in [0, 0.05) is 22.5 Å². The number of hydrogen-bond acceptors (Lipinski definition) is 5. The first-order valence-corrected chi connectivity index (χ1v) is 8.58. The van der Waals surface area contributed by atoms with E-state index in [2.05, 4.69) is 33.4 Å². The Morgan fingerprint density at radius 2 is 1.50 bits per heavy atom. The number of benzene rings is 1. The summed E-state index contributed by atoms with van der Waals surface area (Å²) in [5.74, 6) is 0. The molecule has 20 heavy (non-hydrogen) atoms. The second kappa shape index (κ2) is 5.81. The third-order valence-electron chi connectivity index (χ3n) is 3.05. The predicted molar refractivity (Wildman–Crippen MR) is 86.3 cm³/mol. The molecule has 0 radical (unpaired) electrons. The highest BCUT2D eigenvalue weighted by Crippen LogP contribution is 2.31. The van der Waals surface area contributed by atoms with Gasteiger partial charge in [0.25, 0.3) is 0 Å². The quantitative estimate of drug-likeness (QED) is 0.680. The molecule has 3 nitrogen and oxygen atoms in total. The van der Waals surface area contributed by atoms with Crippen LogP contribution in [-0.2, 0) is 0 Å². The average molecular weight is 299 g/mol. The van der Waals surface area contributed by atoms with Crippen LogP contribution >= 0.6 is 23.5 Å². The molecule has 0 atom stereocenters. The van der Waals surface area contributed by atoms with E-state index >= 15 is 0 Å². The Balaban J connectivity index is 2.24. The molecule has 0 spiro atoms. The van der Waals surface area contributed by atoms with Crippen molar-refractivity contribution in [3.05, 3.63) is 42.6 Å². The van der Waals surface area contributed by atoms with Gasteiger partial charge in [-0.2, -0.15) is 0 Å². The summed E-state index contributed by atoms with van der Waals surface area (Å²) in [6.07, 6.45) is 5.93. The molecule has 5 heteroatoms. The molecule has 0 amide bonds. The van der Waals surface area contributed by atoms with Crippen molar-refractivity contribution in [2.45, 2.75) is 10.1 Å². The van der Waals surface area contributed by atoms with Gasteiger partial charge in [-0.1, -0.05) is 30.3 Å². The van der Waals surface area contributed by atoms with E-state index in [4.69, 9.17) is 0 Å². The minimum Gasteiger partial charge on any atom is -0.255 e. The first kappa shape index (κ1) is 13.4. The first-order valence-electron chi connectivity index (χ1n) is 6.13. The Morgan fingerprint density at radius 3 is 2.15 bits per heavy atom. The standard InChI is InChI=1S/C15H13N3S2/c1-19-14-11-8-13(10-6-4-3-5-7-10)16-9-12(11)15(20-2)18-17-14/h3-9H,1-2H3. The van der Waals surface area contributed by atoms with Crippen molar-refractivity contribution >= 4 is 34.3 Å². The molecule has 0 saturated heterocycles. The SMILES string of the molecule is CSc1nnc(SC)c2cc(-c3ccccc3)ncc12. The molecule has 3 aromatic rings. The van der Waals surface area contributed by atoms with Crippen LogP contribution in [0.2, 0.25) is 0 Å². The number of rotatable bonds is 3. The summed E-state index contributed by atoms with van der Waals surface area (Å²) in [6.45, 7) is 0. The lowest BCUT2D eigenvalue weighted by Crippen LogP contribution is -1.93. The third-order valence-corrected chi connectivity index (χ3v) is 4.43. The van der Waals surface area contributed by atoms with Crippen molar-refractivity contribution < 1.29 is 0 Å². The molecule has 100 valence electrons. The van der Waals surface area contributed by atoms with Crippen LogP contribution in [0.15, 0.2) is 52.6 Å². The van der Waals surface area contributed by atoms with Crippen molar-refractivity contribution in [3.63, 3.8) is 0 Å². The summed E-state index contributed by atoms with van der Waals surface area (Å²) in [5.41, 5.74) is 2.08. The van der Waals surface area contributed by atoms with Crippen LogP contribution in [-0.4, -0.2) is 27.7 Å². The van der Waals surface area contributed by atoms with Crippen LogP contribution in [0.3, 0.4) is 0 Å². The zero-order chi connectivity index (χ0) is 13.9. The lowest BCUT2D eigenvalue weighted by atomic mass is 10.1. The molecule has 0 aliphatic carbocycles. The number of pyridine rings is 1. The Labute approximate surface area is 126 Å². The van der Waals surface area contributed by atoms with Crippen LogP contribution in [0, 0.1) is 0 Å². The van der Waals surface area contributed by atoms with Crippen LogP contribution in [0.5, 0.6) is 0 Å². The monoisotopic (exact) mass is 299 g/mol. The molecule has 0 aliphatic rings. The third kappa shape index (κ3) is 2.39. The van der Waals surface area contributed by atoms with Crippen molar-refractivity contribution in [3.8, 4) is 11.3 Å². The van der Waals surface area contributed by atoms with Gasteiger partial charge in [-0.05, 0) is 18.6 Å². The molecular formula is C15H13N3S2. The normalized spacial score (nSPS) is 10.9. The predicted octanol–water partition coefficient (Wildman–Crippen LogP) is 4.14. The summed E-state index contributed by atoms with van der Waals surface area (Å²) in [6, 6.07) is 12.3. The maximum absolute atomic E-state index is 4.57. The van der Waals surface area contributed by atoms with Crippen LogP contribution in [0.1, 0.15) is 0 Å². The second-order valence-corrected chi connectivity index (χ2v) is 5.79. The molecule has 0 fully saturated rings. The Morgan fingerprint density at radius 1 is 0.850 bits per heavy atom. The van der Waals surface area contributed by atoms with Crippen LogP contribution < -0.4 is 0 Å². The van der Waals surface area contributed by atoms with E-state index in [0.717, 1.165) is 32.1 Å². The summed E-state index contributed by atoms with van der Waals surface area (Å²) in [5, 5.41) is 12.6. The van der Waals surface area contributed by atoms with Gasteiger partial charge in [0.2, 0.25) is 0 Å². The topological polar surface area (TPSA) is 38.7 Å². The number of hydrogen-bond donors (Lipinski definition) is 0. The summed E-state index contributed by atoms with van der Waals surface area (Å²) >= 11 is 3.21. The lowest BCUT2D eigenvalue weighted by Gasteiger charge is -2.08. The van der Waals surface area contributed by atoms with E-state index in [0.29, 0.717) is 0 Å². The second-order valence-electron chi connectivity index (χ2n) is 4.20. The van der Waals surface area contributed by atoms with Gasteiger partial charge in [0.15, 0.2) is 0 Å². The fourth-order valence-electron chi connectivity index (χ4n) is 2.07. The molecule has 2 heterocycles. The highest BCUT2D eigenvalue weighted by molar-refractivity contribution is 7.99. The Hall–Kier alpha value is -1.59. The van der Waals surface area contributed by atoms with Gasteiger partial charge in [-0.15, -0.1) is 33.7 Å². The molecule has 2 aromatic heterocycles. The van der Waals surface area contributed by atoms with Gasteiger partial charge < -0.3 is 0 Å². The highest BCUT2D eigenvalue weighted by atomic mass is 32.2. The molecule has 3 rings (SSSR count). The molecule has 1 aromatic carbocycles. The largest absolute Gasteiger partial charge is 0.255 e. The van der Waals surface area contributed by atoms with E-state index in [1.165, 1.54) is 0 Å². The van der Waals surface area contributed by atoms with Gasteiger partial charge in [0.05, 0.1) is 5.69 Å². The fraction of sp³-hybridized carbons (Fsp3) is 0.133. The molecule has 0 N–H and O–H groups in total. The van der Waals surface area contributed by atoms with E-state index < -0.39 is 0 Å². The fourth-order valence-corrected chi connectivity index (χ4v) is 3.09. The average Bonchev–Trinajstić information content (AvgIpc) is 2.54. The molecule has 0 bridgehead atoms. The van der Waals surface area contributed by atoms with Crippen LogP contribution in [0.25, 0.3) is 22.0 Å². The van der Waals surface area contributed by atoms with E-state index in [-0.39, 0.29) is 0 Å². The summed E-state index contributed by atoms with van der Waals surface area (Å²) in [7, 11) is 0. The van der Waals surface area contributed by atoms with Crippen molar-refractivity contribution in [1.82, 2.24) is 15.2 Å². The maximum atomic E-state index is 4.57. The number of nitrogens with zero attached hydrogens (tertiary/aromatic N) is 3. The van der Waals surface area contributed by atoms with Crippen molar-refractivity contribution in [2.24, 2.45) is 0 Å². The van der Waals surface area contributed by atoms with Crippen LogP contribution in [0.4, 0.5) is 0 Å². The summed E-state index contributed by atoms with van der Waals surface area (Å²) in [4.78, 5) is 4.57. The zero-order valence-corrected chi connectivity index (χ0v) is 12.8. The Kier molecular flexibility index (Phi) is 3.89. The smallest absolute Gasteiger partial charge is 0.128 e. The highest BCUT2D eigenvalue weighted by Gasteiger charge is 2.10. The van der Waals surface area contributed by atoms with E-state index in [1.54, 1.807) is 23.5 Å². The summed E-state index contributed by atoms with van der Waals surface area (Å²) < 4.78 is 0. The van der Waals surface area contributed by atoms with Crippen molar-refractivity contribution in [1.29, 1.82) is 0 Å². The Bertz CT molecular complexity index is 745. The number of aromatic nitrogens is 3. The number of fused-ring (bicyclic) bond motifs is 1. The van der Waals surface area contributed by atoms with E-state index in [1.807, 2.05) is 36.9 Å². The minimum atomic E-state index is 0.921. The zero-order valence-electron chi connectivity index (χ0n) is 11.2. The number of thioether (sulfide) groups is 2. The minimum absolute atomic E-state index is 0.921. The molecular weight excluding hydrogens is 286 g/mol. The first-order chi connectivity index (χ1) is 9.83. The van der Waals surface area contributed by atoms with Gasteiger partial charge >= 0.3 is 0 Å². The van der Waals surface area contributed by atoms with E-state index in [9.17, 15) is 0 Å².